The van der Waals surface area contributed by atoms with Gasteiger partial charge in [0.15, 0.2) is 0 Å². The van der Waals surface area contributed by atoms with Gasteiger partial charge in [0, 0.05) is 25.3 Å². The maximum absolute atomic E-state index is 13.3. The van der Waals surface area contributed by atoms with E-state index in [0.29, 0.717) is 48.9 Å². The smallest absolute Gasteiger partial charge is 0.270 e. The van der Waals surface area contributed by atoms with Gasteiger partial charge in [0.2, 0.25) is 0 Å². The van der Waals surface area contributed by atoms with Crippen LogP contribution in [0.5, 0.6) is 5.75 Å². The third-order valence-corrected chi connectivity index (χ3v) is 6.25. The van der Waals surface area contributed by atoms with Gasteiger partial charge in [-0.15, -0.1) is 0 Å². The first-order valence-electron chi connectivity index (χ1n) is 11.0. The van der Waals surface area contributed by atoms with E-state index in [1.807, 2.05) is 22.5 Å². The van der Waals surface area contributed by atoms with Crippen LogP contribution in [-0.2, 0) is 17.9 Å². The molecular formula is C23H30N4O4. The molecule has 2 atom stereocenters. The summed E-state index contributed by atoms with van der Waals surface area (Å²) in [4.78, 5) is 32.9. The molecule has 2 aliphatic heterocycles. The minimum Gasteiger partial charge on any atom is -0.495 e. The number of methoxy groups -OCH3 is 1. The molecule has 1 fully saturated rings. The quantitative estimate of drug-likeness (QED) is 0.768. The minimum atomic E-state index is -0.304. The van der Waals surface area contributed by atoms with Gasteiger partial charge >= 0.3 is 0 Å². The van der Waals surface area contributed by atoms with Crippen LogP contribution in [0.4, 0.5) is 0 Å². The van der Waals surface area contributed by atoms with Crippen molar-refractivity contribution in [2.75, 3.05) is 20.3 Å². The molecule has 166 valence electrons. The number of carbonyl (C=O) groups is 2. The fraction of sp³-hybridized carbons (Fsp3) is 0.522. The summed E-state index contributed by atoms with van der Waals surface area (Å²) in [6.07, 6.45) is 4.37. The molecule has 0 radical (unpaired) electrons. The number of rotatable bonds is 6. The Morgan fingerprint density at radius 3 is 2.94 bits per heavy atom. The Balaban J connectivity index is 1.63. The van der Waals surface area contributed by atoms with Crippen LogP contribution in [-0.4, -0.2) is 52.6 Å². The van der Waals surface area contributed by atoms with Crippen LogP contribution in [0.2, 0.25) is 0 Å². The number of nitrogens with zero attached hydrogens (tertiary/aromatic N) is 3. The van der Waals surface area contributed by atoms with Gasteiger partial charge in [-0.2, -0.15) is 0 Å². The predicted octanol–water partition coefficient (Wildman–Crippen LogP) is 2.93. The summed E-state index contributed by atoms with van der Waals surface area (Å²) < 4.78 is 13.0. The van der Waals surface area contributed by atoms with Crippen molar-refractivity contribution in [2.45, 2.75) is 58.3 Å². The molecule has 4 rings (SSSR count). The number of fused-ring (bicyclic) bond motifs is 1. The first-order valence-corrected chi connectivity index (χ1v) is 11.0. The summed E-state index contributed by atoms with van der Waals surface area (Å²) in [6.45, 7) is 6.23. The lowest BCUT2D eigenvalue weighted by atomic mass is 10.1. The highest BCUT2D eigenvalue weighted by molar-refractivity contribution is 6.01. The van der Waals surface area contributed by atoms with E-state index >= 15 is 0 Å². The number of ether oxygens (including phenoxy) is 2. The number of likely N-dealkylation sites (tertiary alicyclic amines) is 1. The van der Waals surface area contributed by atoms with Crippen molar-refractivity contribution in [3.63, 3.8) is 0 Å². The van der Waals surface area contributed by atoms with Crippen LogP contribution < -0.4 is 10.1 Å². The topological polar surface area (TPSA) is 85.7 Å². The monoisotopic (exact) mass is 426 g/mol. The van der Waals surface area contributed by atoms with Gasteiger partial charge < -0.3 is 24.3 Å². The number of amides is 2. The van der Waals surface area contributed by atoms with Crippen LogP contribution in [0.25, 0.3) is 0 Å². The van der Waals surface area contributed by atoms with E-state index in [-0.39, 0.29) is 23.9 Å². The maximum atomic E-state index is 13.3. The molecule has 0 aromatic carbocycles. The fourth-order valence-electron chi connectivity index (χ4n) is 4.52. The van der Waals surface area contributed by atoms with E-state index in [9.17, 15) is 9.59 Å². The fourth-order valence-corrected chi connectivity index (χ4v) is 4.52. The highest BCUT2D eigenvalue weighted by Gasteiger charge is 2.32. The SMILES string of the molecule is CC[C@@H](NC(=O)c1cc(C(=O)N2CCC[C@@H]2C)n2c1COCC2)c1ncccc1OC. The van der Waals surface area contributed by atoms with Crippen LogP contribution in [0, 0.1) is 0 Å². The summed E-state index contributed by atoms with van der Waals surface area (Å²) in [7, 11) is 1.59. The van der Waals surface area contributed by atoms with Crippen molar-refractivity contribution in [3.8, 4) is 5.75 Å². The molecule has 0 bridgehead atoms. The third kappa shape index (κ3) is 4.04. The molecule has 0 saturated carbocycles. The summed E-state index contributed by atoms with van der Waals surface area (Å²) in [5.74, 6) is 0.392. The zero-order chi connectivity index (χ0) is 22.0. The Morgan fingerprint density at radius 2 is 2.23 bits per heavy atom. The summed E-state index contributed by atoms with van der Waals surface area (Å²) in [5.41, 5.74) is 2.50. The highest BCUT2D eigenvalue weighted by atomic mass is 16.5. The Hall–Kier alpha value is -2.87. The van der Waals surface area contributed by atoms with Gasteiger partial charge in [0.25, 0.3) is 11.8 Å². The number of pyridine rings is 1. The first-order chi connectivity index (χ1) is 15.0. The van der Waals surface area contributed by atoms with Crippen molar-refractivity contribution >= 4 is 11.8 Å². The summed E-state index contributed by atoms with van der Waals surface area (Å²) in [6, 6.07) is 5.28. The Bertz CT molecular complexity index is 970. The lowest BCUT2D eigenvalue weighted by Gasteiger charge is -2.24. The molecule has 2 aromatic heterocycles. The van der Waals surface area contributed by atoms with Crippen LogP contribution in [0.1, 0.15) is 71.4 Å². The first kappa shape index (κ1) is 21.4. The molecule has 0 unspecified atom stereocenters. The molecule has 2 amide bonds. The maximum Gasteiger partial charge on any atom is 0.270 e. The number of nitrogens with one attached hydrogen (secondary N) is 1. The van der Waals surface area contributed by atoms with Crippen molar-refractivity contribution < 1.29 is 19.1 Å². The van der Waals surface area contributed by atoms with Crippen molar-refractivity contribution in [1.29, 1.82) is 0 Å². The molecule has 1 saturated heterocycles. The molecule has 8 nitrogen and oxygen atoms in total. The molecular weight excluding hydrogens is 396 g/mol. The number of aromatic nitrogens is 2. The van der Waals surface area contributed by atoms with E-state index in [1.54, 1.807) is 25.4 Å². The molecule has 2 aromatic rings. The standard InChI is InChI=1S/C23H30N4O4/c1-4-17(21-20(30-3)8-5-9-24-21)25-22(28)16-13-18(27-11-12-31-14-19(16)27)23(29)26-10-6-7-15(26)2/h5,8-9,13,15,17H,4,6-7,10-12,14H2,1-3H3,(H,25,28)/t15-,17+/m0/s1. The Labute approximate surface area is 182 Å². The van der Waals surface area contributed by atoms with E-state index in [1.165, 1.54) is 0 Å². The number of hydrogen-bond acceptors (Lipinski definition) is 5. The lowest BCUT2D eigenvalue weighted by molar-refractivity contribution is 0.0683. The largest absolute Gasteiger partial charge is 0.495 e. The van der Waals surface area contributed by atoms with E-state index in [4.69, 9.17) is 9.47 Å². The molecule has 8 heteroatoms. The van der Waals surface area contributed by atoms with Gasteiger partial charge in [0.1, 0.15) is 17.1 Å². The van der Waals surface area contributed by atoms with Crippen molar-refractivity contribution in [1.82, 2.24) is 19.8 Å². The molecule has 1 N–H and O–H groups in total. The Morgan fingerprint density at radius 1 is 1.39 bits per heavy atom. The van der Waals surface area contributed by atoms with Gasteiger partial charge in [-0.25, -0.2) is 0 Å². The van der Waals surface area contributed by atoms with Crippen LogP contribution in [0.3, 0.4) is 0 Å². The average molecular weight is 427 g/mol. The van der Waals surface area contributed by atoms with Gasteiger partial charge in [-0.3, -0.25) is 14.6 Å². The zero-order valence-corrected chi connectivity index (χ0v) is 18.4. The molecule has 4 heterocycles. The van der Waals surface area contributed by atoms with E-state index < -0.39 is 0 Å². The number of carbonyl (C=O) groups excluding carboxylic acids is 2. The van der Waals surface area contributed by atoms with Crippen LogP contribution >= 0.6 is 0 Å². The zero-order valence-electron chi connectivity index (χ0n) is 18.4. The second kappa shape index (κ2) is 9.09. The average Bonchev–Trinajstić information content (AvgIpc) is 3.40. The Kier molecular flexibility index (Phi) is 6.27. The summed E-state index contributed by atoms with van der Waals surface area (Å²) >= 11 is 0. The van der Waals surface area contributed by atoms with Gasteiger partial charge in [0.05, 0.1) is 37.6 Å². The lowest BCUT2D eigenvalue weighted by Crippen LogP contribution is -2.35. The highest BCUT2D eigenvalue weighted by Crippen LogP contribution is 2.28. The van der Waals surface area contributed by atoms with E-state index in [0.717, 1.165) is 25.1 Å². The van der Waals surface area contributed by atoms with Crippen molar-refractivity contribution in [3.05, 3.63) is 47.0 Å². The molecule has 2 aliphatic rings. The van der Waals surface area contributed by atoms with E-state index in [2.05, 4.69) is 17.2 Å². The third-order valence-electron chi connectivity index (χ3n) is 6.25. The van der Waals surface area contributed by atoms with Crippen molar-refractivity contribution in [2.24, 2.45) is 0 Å². The summed E-state index contributed by atoms with van der Waals surface area (Å²) in [5, 5.41) is 3.08. The minimum absolute atomic E-state index is 0.00867. The normalized spacial score (nSPS) is 19.1. The molecule has 0 spiro atoms. The second-order valence-electron chi connectivity index (χ2n) is 8.11. The van der Waals surface area contributed by atoms with Crippen LogP contribution in [0.15, 0.2) is 24.4 Å². The predicted molar refractivity (Wildman–Crippen MR) is 115 cm³/mol. The number of hydrogen-bond donors (Lipinski definition) is 1. The molecule has 31 heavy (non-hydrogen) atoms. The van der Waals surface area contributed by atoms with Gasteiger partial charge in [-0.1, -0.05) is 6.92 Å². The second-order valence-corrected chi connectivity index (χ2v) is 8.11. The van der Waals surface area contributed by atoms with Gasteiger partial charge in [-0.05, 0) is 44.4 Å². The molecule has 0 aliphatic carbocycles.